The molecule has 1 aliphatic carbocycles. The van der Waals surface area contributed by atoms with Crippen LogP contribution in [0.25, 0.3) is 0 Å². The van der Waals surface area contributed by atoms with Crippen molar-refractivity contribution in [2.45, 2.75) is 130 Å². The molecule has 2 amide bonds. The van der Waals surface area contributed by atoms with Crippen molar-refractivity contribution in [3.8, 4) is 0 Å². The Morgan fingerprint density at radius 1 is 1.04 bits per heavy atom. The second-order valence-electron chi connectivity index (χ2n) is 15.6. The minimum absolute atomic E-state index is 0.00392. The molecule has 2 saturated heterocycles. The van der Waals surface area contributed by atoms with E-state index in [9.17, 15) is 14.7 Å². The Kier molecular flexibility index (Phi) is 16.4. The van der Waals surface area contributed by atoms with Gasteiger partial charge in [0.1, 0.15) is 6.10 Å². The molecule has 2 aliphatic heterocycles. The number of aliphatic hydroxyl groups is 1. The summed E-state index contributed by atoms with van der Waals surface area (Å²) in [6.07, 6.45) is 11.4. The van der Waals surface area contributed by atoms with Gasteiger partial charge in [-0.1, -0.05) is 32.1 Å². The van der Waals surface area contributed by atoms with Crippen LogP contribution in [0.1, 0.15) is 93.4 Å². The number of carbonyl (C=O) groups is 2. The first-order valence-corrected chi connectivity index (χ1v) is 18.5. The number of nitrogens with zero attached hydrogens (tertiary/aromatic N) is 2. The highest BCUT2D eigenvalue weighted by molar-refractivity contribution is 5.78. The fraction of sp³-hybridized carbons (Fsp3) is 0.842. The molecule has 0 aromatic heterocycles. The first kappa shape index (κ1) is 40.4. The van der Waals surface area contributed by atoms with Crippen LogP contribution in [0.15, 0.2) is 23.8 Å². The third kappa shape index (κ3) is 13.0. The SMILES string of the molecule is CO[C@H](C(C)OC(C)(C)C[C@H](C)/C=C/C=C(\C)[C@H]1O[C@@H](CNC(=O)[C@H]2CC[C@@H](COC(=O)N3CCN(C)CC3)CC2)CC[C@@H]1C)[C@@H](C)O. The van der Waals surface area contributed by atoms with E-state index in [0.717, 1.165) is 71.1 Å². The van der Waals surface area contributed by atoms with Crippen molar-refractivity contribution >= 4 is 12.0 Å². The van der Waals surface area contributed by atoms with Crippen molar-refractivity contribution in [2.75, 3.05) is 53.5 Å². The van der Waals surface area contributed by atoms with Gasteiger partial charge in [0.05, 0.1) is 36.6 Å². The number of amides is 2. The number of nitrogens with one attached hydrogen (secondary N) is 1. The van der Waals surface area contributed by atoms with Crippen molar-refractivity contribution in [3.63, 3.8) is 0 Å². The highest BCUT2D eigenvalue weighted by atomic mass is 16.6. The topological polar surface area (TPSA) is 110 Å². The Balaban J connectivity index is 1.38. The molecule has 3 fully saturated rings. The zero-order valence-electron chi connectivity index (χ0n) is 31.4. The van der Waals surface area contributed by atoms with Crippen molar-refractivity contribution < 1.29 is 33.6 Å². The van der Waals surface area contributed by atoms with E-state index in [1.807, 2.05) is 6.92 Å². The molecule has 2 N–H and O–H groups in total. The zero-order valence-corrected chi connectivity index (χ0v) is 31.4. The van der Waals surface area contributed by atoms with Crippen molar-refractivity contribution in [2.24, 2.45) is 23.7 Å². The molecule has 3 rings (SSSR count). The quantitative estimate of drug-likeness (QED) is 0.216. The average Bonchev–Trinajstić information content (AvgIpc) is 3.03. The van der Waals surface area contributed by atoms with E-state index >= 15 is 0 Å². The maximum atomic E-state index is 13.1. The lowest BCUT2D eigenvalue weighted by Crippen LogP contribution is -2.47. The summed E-state index contributed by atoms with van der Waals surface area (Å²) in [6, 6.07) is 0. The van der Waals surface area contributed by atoms with Gasteiger partial charge in [-0.15, -0.1) is 0 Å². The predicted molar refractivity (Wildman–Crippen MR) is 190 cm³/mol. The van der Waals surface area contributed by atoms with Crippen LogP contribution < -0.4 is 5.32 Å². The van der Waals surface area contributed by atoms with E-state index in [-0.39, 0.29) is 47.9 Å². The Morgan fingerprint density at radius 2 is 1.71 bits per heavy atom. The number of methoxy groups -OCH3 is 1. The monoisotopic (exact) mass is 677 g/mol. The molecule has 276 valence electrons. The second-order valence-corrected chi connectivity index (χ2v) is 15.6. The lowest BCUT2D eigenvalue weighted by atomic mass is 9.82. The summed E-state index contributed by atoms with van der Waals surface area (Å²) in [4.78, 5) is 29.5. The summed E-state index contributed by atoms with van der Waals surface area (Å²) in [6.45, 7) is 18.6. The average molecular weight is 678 g/mol. The van der Waals surface area contributed by atoms with Crippen LogP contribution in [0, 0.1) is 23.7 Å². The van der Waals surface area contributed by atoms with Crippen LogP contribution in [-0.4, -0.2) is 117 Å². The Morgan fingerprint density at radius 3 is 2.33 bits per heavy atom. The highest BCUT2D eigenvalue weighted by Gasteiger charge is 2.33. The first-order valence-electron chi connectivity index (χ1n) is 18.5. The van der Waals surface area contributed by atoms with E-state index < -0.39 is 6.10 Å². The fourth-order valence-corrected chi connectivity index (χ4v) is 7.67. The molecular weight excluding hydrogens is 610 g/mol. The number of hydrogen-bond donors (Lipinski definition) is 2. The highest BCUT2D eigenvalue weighted by Crippen LogP contribution is 2.31. The summed E-state index contributed by atoms with van der Waals surface area (Å²) in [5.41, 5.74) is 0.822. The van der Waals surface area contributed by atoms with Gasteiger partial charge in [-0.3, -0.25) is 4.79 Å². The summed E-state index contributed by atoms with van der Waals surface area (Å²) in [5, 5.41) is 13.2. The van der Waals surface area contributed by atoms with Gasteiger partial charge in [-0.2, -0.15) is 0 Å². The maximum Gasteiger partial charge on any atom is 0.409 e. The third-order valence-electron chi connectivity index (χ3n) is 10.5. The number of likely N-dealkylation sites (N-methyl/N-ethyl adjacent to an activating group) is 1. The van der Waals surface area contributed by atoms with E-state index in [1.54, 1.807) is 18.9 Å². The number of rotatable bonds is 15. The minimum Gasteiger partial charge on any atom is -0.449 e. The smallest absolute Gasteiger partial charge is 0.409 e. The third-order valence-corrected chi connectivity index (χ3v) is 10.5. The van der Waals surface area contributed by atoms with Crippen LogP contribution in [0.5, 0.6) is 0 Å². The summed E-state index contributed by atoms with van der Waals surface area (Å²) in [5.74, 6) is 1.17. The zero-order chi connectivity index (χ0) is 35.4. The van der Waals surface area contributed by atoms with Gasteiger partial charge in [-0.25, -0.2) is 4.79 Å². The molecule has 10 heteroatoms. The van der Waals surface area contributed by atoms with Gasteiger partial charge in [0.2, 0.25) is 5.91 Å². The molecule has 10 nitrogen and oxygen atoms in total. The molecule has 0 spiro atoms. The molecule has 3 aliphatic rings. The molecule has 48 heavy (non-hydrogen) atoms. The van der Waals surface area contributed by atoms with E-state index in [1.165, 1.54) is 5.57 Å². The Hall–Kier alpha value is -1.98. The number of hydrogen-bond acceptors (Lipinski definition) is 8. The number of carbonyl (C=O) groups excluding carboxylic acids is 2. The normalized spacial score (nSPS) is 28.9. The molecular formula is C38H67N3O7. The summed E-state index contributed by atoms with van der Waals surface area (Å²) in [7, 11) is 3.67. The van der Waals surface area contributed by atoms with Crippen LogP contribution in [0.3, 0.4) is 0 Å². The molecule has 0 aromatic rings. The maximum absolute atomic E-state index is 13.1. The summed E-state index contributed by atoms with van der Waals surface area (Å²) >= 11 is 0. The van der Waals surface area contributed by atoms with Crippen LogP contribution >= 0.6 is 0 Å². The van der Waals surface area contributed by atoms with E-state index in [0.29, 0.717) is 30.9 Å². The number of allylic oxidation sites excluding steroid dienone is 3. The van der Waals surface area contributed by atoms with Crippen LogP contribution in [-0.2, 0) is 23.7 Å². The number of aliphatic hydroxyl groups excluding tert-OH is 1. The number of ether oxygens (including phenoxy) is 4. The van der Waals surface area contributed by atoms with Crippen molar-refractivity contribution in [1.29, 1.82) is 0 Å². The molecule has 0 aromatic carbocycles. The van der Waals surface area contributed by atoms with Gasteiger partial charge < -0.3 is 39.2 Å². The van der Waals surface area contributed by atoms with Gasteiger partial charge in [0.15, 0.2) is 0 Å². The van der Waals surface area contributed by atoms with Crippen molar-refractivity contribution in [3.05, 3.63) is 23.8 Å². The Bertz CT molecular complexity index is 1050. The van der Waals surface area contributed by atoms with Gasteiger partial charge >= 0.3 is 6.09 Å². The molecule has 7 atom stereocenters. The minimum atomic E-state index is -0.602. The van der Waals surface area contributed by atoms with Crippen molar-refractivity contribution in [1.82, 2.24) is 15.1 Å². The molecule has 0 bridgehead atoms. The lowest BCUT2D eigenvalue weighted by Gasteiger charge is -2.36. The number of piperazine rings is 1. The standard InChI is InChI=1S/C38H67N3O7/c1-26(23-38(6,7)48-30(5)35(45-9)29(4)42)11-10-12-27(2)34-28(3)13-18-33(47-34)24-39-36(43)32-16-14-31(15-17-32)25-46-37(44)41-21-19-40(8)20-22-41/h10-12,26,28-35,42H,13-25H2,1-9H3,(H,39,43)/b11-10+,27-12+/t26-,28+,29-,30?,31-,32+,33-,34-,35+/m1/s1. The van der Waals surface area contributed by atoms with E-state index in [2.05, 4.69) is 70.1 Å². The largest absolute Gasteiger partial charge is 0.449 e. The lowest BCUT2D eigenvalue weighted by molar-refractivity contribution is -0.149. The molecule has 1 unspecified atom stereocenters. The van der Waals surface area contributed by atoms with Crippen LogP contribution in [0.2, 0.25) is 0 Å². The van der Waals surface area contributed by atoms with Gasteiger partial charge in [0, 0.05) is 45.8 Å². The van der Waals surface area contributed by atoms with E-state index in [4.69, 9.17) is 18.9 Å². The van der Waals surface area contributed by atoms with Crippen LogP contribution in [0.4, 0.5) is 4.79 Å². The molecule has 0 radical (unpaired) electrons. The molecule has 1 saturated carbocycles. The van der Waals surface area contributed by atoms with Gasteiger partial charge in [0.25, 0.3) is 0 Å². The van der Waals surface area contributed by atoms with Gasteiger partial charge in [-0.05, 0) is 110 Å². The summed E-state index contributed by atoms with van der Waals surface area (Å²) < 4.78 is 23.9. The fourth-order valence-electron chi connectivity index (χ4n) is 7.67. The second kappa shape index (κ2) is 19.4. The predicted octanol–water partition coefficient (Wildman–Crippen LogP) is 5.58. The molecule has 2 heterocycles. The Labute approximate surface area is 290 Å². The first-order chi connectivity index (χ1) is 22.7.